The SMILES string of the molecule is O=C(CN1CCN(c2ncnc3cc(F)ccc23)CC1)N1CCOCC1. The van der Waals surface area contributed by atoms with Crippen LogP contribution in [0.1, 0.15) is 0 Å². The lowest BCUT2D eigenvalue weighted by molar-refractivity contribution is -0.136. The van der Waals surface area contributed by atoms with Crippen molar-refractivity contribution in [3.8, 4) is 0 Å². The molecule has 0 bridgehead atoms. The molecule has 0 aliphatic carbocycles. The topological polar surface area (TPSA) is 61.8 Å². The van der Waals surface area contributed by atoms with Crippen LogP contribution >= 0.6 is 0 Å². The van der Waals surface area contributed by atoms with E-state index in [0.29, 0.717) is 38.4 Å². The molecule has 0 N–H and O–H groups in total. The average Bonchev–Trinajstić information content (AvgIpc) is 2.68. The number of halogens is 1. The number of anilines is 1. The summed E-state index contributed by atoms with van der Waals surface area (Å²) < 4.78 is 18.7. The Bertz CT molecular complexity index is 788. The molecule has 1 aromatic carbocycles. The highest BCUT2D eigenvalue weighted by molar-refractivity contribution is 5.89. The lowest BCUT2D eigenvalue weighted by atomic mass is 10.2. The summed E-state index contributed by atoms with van der Waals surface area (Å²) in [6, 6.07) is 4.60. The number of piperazine rings is 1. The van der Waals surface area contributed by atoms with Crippen molar-refractivity contribution in [1.29, 1.82) is 0 Å². The fourth-order valence-corrected chi connectivity index (χ4v) is 3.49. The lowest BCUT2D eigenvalue weighted by Crippen LogP contribution is -2.51. The van der Waals surface area contributed by atoms with Gasteiger partial charge in [0.1, 0.15) is 18.0 Å². The number of fused-ring (bicyclic) bond motifs is 1. The van der Waals surface area contributed by atoms with Gasteiger partial charge in [-0.15, -0.1) is 0 Å². The lowest BCUT2D eigenvalue weighted by Gasteiger charge is -2.36. The number of morpholine rings is 1. The van der Waals surface area contributed by atoms with Crippen LogP contribution in [0, 0.1) is 5.82 Å². The zero-order valence-electron chi connectivity index (χ0n) is 14.6. The molecule has 1 aromatic heterocycles. The van der Waals surface area contributed by atoms with Crippen molar-refractivity contribution in [3.05, 3.63) is 30.3 Å². The molecule has 3 heterocycles. The number of benzene rings is 1. The molecule has 0 unspecified atom stereocenters. The number of rotatable bonds is 3. The van der Waals surface area contributed by atoms with Gasteiger partial charge in [0.2, 0.25) is 5.91 Å². The minimum absolute atomic E-state index is 0.171. The molecular weight excluding hydrogens is 337 g/mol. The molecule has 1 amide bonds. The molecule has 7 nitrogen and oxygen atoms in total. The summed E-state index contributed by atoms with van der Waals surface area (Å²) in [6.07, 6.45) is 1.48. The van der Waals surface area contributed by atoms with Gasteiger partial charge in [0.25, 0.3) is 0 Å². The third-order valence-electron chi connectivity index (χ3n) is 4.97. The van der Waals surface area contributed by atoms with E-state index in [1.807, 2.05) is 4.90 Å². The van der Waals surface area contributed by atoms with Crippen LogP contribution in [-0.2, 0) is 9.53 Å². The van der Waals surface area contributed by atoms with Gasteiger partial charge in [-0.3, -0.25) is 9.69 Å². The molecular formula is C18H22FN5O2. The van der Waals surface area contributed by atoms with E-state index < -0.39 is 0 Å². The van der Waals surface area contributed by atoms with Gasteiger partial charge in [-0.05, 0) is 12.1 Å². The predicted octanol–water partition coefficient (Wildman–Crippen LogP) is 0.750. The van der Waals surface area contributed by atoms with Gasteiger partial charge in [-0.1, -0.05) is 0 Å². The summed E-state index contributed by atoms with van der Waals surface area (Å²) in [7, 11) is 0. The maximum absolute atomic E-state index is 13.4. The highest BCUT2D eigenvalue weighted by Gasteiger charge is 2.24. The number of carbonyl (C=O) groups is 1. The number of hydrogen-bond donors (Lipinski definition) is 0. The molecule has 2 aliphatic rings. The van der Waals surface area contributed by atoms with Crippen molar-refractivity contribution in [2.75, 3.05) is 63.9 Å². The Balaban J connectivity index is 1.38. The van der Waals surface area contributed by atoms with Crippen molar-refractivity contribution >= 4 is 22.6 Å². The standard InChI is InChI=1S/C18H22FN5O2/c19-14-1-2-15-16(11-14)20-13-21-18(15)24-5-3-22(4-6-24)12-17(25)23-7-9-26-10-8-23/h1-2,11,13H,3-10,12H2. The Morgan fingerprint density at radius 3 is 2.62 bits per heavy atom. The highest BCUT2D eigenvalue weighted by Crippen LogP contribution is 2.24. The molecule has 0 saturated carbocycles. The number of hydrogen-bond acceptors (Lipinski definition) is 6. The van der Waals surface area contributed by atoms with E-state index in [4.69, 9.17) is 4.74 Å². The molecule has 4 rings (SSSR count). The summed E-state index contributed by atoms with van der Waals surface area (Å²) in [5.41, 5.74) is 0.611. The summed E-state index contributed by atoms with van der Waals surface area (Å²) in [6.45, 7) is 6.21. The predicted molar refractivity (Wildman–Crippen MR) is 95.5 cm³/mol. The Morgan fingerprint density at radius 1 is 1.08 bits per heavy atom. The van der Waals surface area contributed by atoms with Crippen LogP contribution in [0.4, 0.5) is 10.2 Å². The van der Waals surface area contributed by atoms with Crippen LogP contribution in [-0.4, -0.2) is 84.7 Å². The second kappa shape index (κ2) is 7.51. The third-order valence-corrected chi connectivity index (χ3v) is 4.97. The van der Waals surface area contributed by atoms with Gasteiger partial charge in [-0.25, -0.2) is 14.4 Å². The van der Waals surface area contributed by atoms with E-state index in [1.165, 1.54) is 18.5 Å². The molecule has 138 valence electrons. The van der Waals surface area contributed by atoms with Gasteiger partial charge < -0.3 is 14.5 Å². The average molecular weight is 359 g/mol. The van der Waals surface area contributed by atoms with E-state index >= 15 is 0 Å². The molecule has 2 aromatic rings. The smallest absolute Gasteiger partial charge is 0.236 e. The number of aromatic nitrogens is 2. The van der Waals surface area contributed by atoms with Crippen molar-refractivity contribution in [3.63, 3.8) is 0 Å². The minimum Gasteiger partial charge on any atom is -0.378 e. The normalized spacial score (nSPS) is 19.1. The van der Waals surface area contributed by atoms with Crippen LogP contribution in [0.15, 0.2) is 24.5 Å². The van der Waals surface area contributed by atoms with Gasteiger partial charge in [0, 0.05) is 50.7 Å². The molecule has 0 atom stereocenters. The molecule has 0 radical (unpaired) electrons. The second-order valence-electron chi connectivity index (χ2n) is 6.62. The quantitative estimate of drug-likeness (QED) is 0.806. The van der Waals surface area contributed by atoms with E-state index in [2.05, 4.69) is 19.8 Å². The monoisotopic (exact) mass is 359 g/mol. The number of nitrogens with zero attached hydrogens (tertiary/aromatic N) is 5. The van der Waals surface area contributed by atoms with E-state index in [9.17, 15) is 9.18 Å². The minimum atomic E-state index is -0.298. The van der Waals surface area contributed by atoms with E-state index in [1.54, 1.807) is 6.07 Å². The maximum atomic E-state index is 13.4. The first-order valence-corrected chi connectivity index (χ1v) is 8.94. The first kappa shape index (κ1) is 17.1. The molecule has 2 fully saturated rings. The van der Waals surface area contributed by atoms with Crippen LogP contribution in [0.2, 0.25) is 0 Å². The summed E-state index contributed by atoms with van der Waals surface area (Å²) >= 11 is 0. The van der Waals surface area contributed by atoms with Crippen molar-refractivity contribution in [2.24, 2.45) is 0 Å². The fourth-order valence-electron chi connectivity index (χ4n) is 3.49. The van der Waals surface area contributed by atoms with E-state index in [-0.39, 0.29) is 11.7 Å². The second-order valence-corrected chi connectivity index (χ2v) is 6.62. The molecule has 2 aliphatic heterocycles. The van der Waals surface area contributed by atoms with E-state index in [0.717, 1.165) is 37.4 Å². The number of amides is 1. The van der Waals surface area contributed by atoms with Crippen molar-refractivity contribution < 1.29 is 13.9 Å². The molecule has 2 saturated heterocycles. The number of ether oxygens (including phenoxy) is 1. The Hall–Kier alpha value is -2.32. The summed E-state index contributed by atoms with van der Waals surface area (Å²) in [5, 5.41) is 0.853. The Labute approximate surface area is 151 Å². The largest absolute Gasteiger partial charge is 0.378 e. The molecule has 26 heavy (non-hydrogen) atoms. The van der Waals surface area contributed by atoms with Gasteiger partial charge in [-0.2, -0.15) is 0 Å². The Morgan fingerprint density at radius 2 is 1.85 bits per heavy atom. The van der Waals surface area contributed by atoms with Crippen LogP contribution < -0.4 is 4.90 Å². The number of carbonyl (C=O) groups excluding carboxylic acids is 1. The first-order chi connectivity index (χ1) is 12.7. The summed E-state index contributed by atoms with van der Waals surface area (Å²) in [4.78, 5) is 27.2. The molecule has 0 spiro atoms. The van der Waals surface area contributed by atoms with Crippen molar-refractivity contribution in [2.45, 2.75) is 0 Å². The highest BCUT2D eigenvalue weighted by atomic mass is 19.1. The van der Waals surface area contributed by atoms with Gasteiger partial charge in [0.15, 0.2) is 0 Å². The zero-order chi connectivity index (χ0) is 17.9. The maximum Gasteiger partial charge on any atom is 0.236 e. The first-order valence-electron chi connectivity index (χ1n) is 8.94. The summed E-state index contributed by atoms with van der Waals surface area (Å²) in [5.74, 6) is 0.701. The third kappa shape index (κ3) is 3.61. The van der Waals surface area contributed by atoms with Crippen LogP contribution in [0.5, 0.6) is 0 Å². The Kier molecular flexibility index (Phi) is 4.94. The zero-order valence-corrected chi connectivity index (χ0v) is 14.6. The molecule has 8 heteroatoms. The van der Waals surface area contributed by atoms with Gasteiger partial charge in [0.05, 0.1) is 25.3 Å². The van der Waals surface area contributed by atoms with Gasteiger partial charge >= 0.3 is 0 Å². The fraction of sp³-hybridized carbons (Fsp3) is 0.500. The van der Waals surface area contributed by atoms with Crippen LogP contribution in [0.25, 0.3) is 10.9 Å². The van der Waals surface area contributed by atoms with Crippen LogP contribution in [0.3, 0.4) is 0 Å². The van der Waals surface area contributed by atoms with Crippen molar-refractivity contribution in [1.82, 2.24) is 19.8 Å².